The molecule has 230 valence electrons. The summed E-state index contributed by atoms with van der Waals surface area (Å²) in [5.74, 6) is 16.5. The summed E-state index contributed by atoms with van der Waals surface area (Å²) in [5.41, 5.74) is 6.33. The van der Waals surface area contributed by atoms with Gasteiger partial charge in [-0.2, -0.15) is 10.2 Å². The zero-order valence-electron chi connectivity index (χ0n) is 23.9. The molecule has 0 aliphatic carbocycles. The Kier molecular flexibility index (Phi) is 55.1. The molecular weight excluding hydrogens is 556 g/mol. The van der Waals surface area contributed by atoms with Gasteiger partial charge < -0.3 is 58.1 Å². The van der Waals surface area contributed by atoms with Crippen LogP contribution in [0.4, 0.5) is 9.59 Å². The highest BCUT2D eigenvalue weighted by Crippen LogP contribution is 2.04. The maximum atomic E-state index is 10.5. The van der Waals surface area contributed by atoms with Crippen molar-refractivity contribution in [3.63, 3.8) is 0 Å². The van der Waals surface area contributed by atoms with E-state index in [1.54, 1.807) is 26.2 Å². The first-order valence-corrected chi connectivity index (χ1v) is 10.6. The number of carboxylic acid groups (broad SMARTS) is 1. The molecule has 0 aliphatic rings. The van der Waals surface area contributed by atoms with Crippen LogP contribution in [0.3, 0.4) is 0 Å². The molecule has 0 saturated heterocycles. The Balaban J connectivity index is -0.0000000727. The summed E-state index contributed by atoms with van der Waals surface area (Å²) in [7, 11) is 17.2. The van der Waals surface area contributed by atoms with Crippen molar-refractivity contribution >= 4 is 61.0 Å². The van der Waals surface area contributed by atoms with Gasteiger partial charge in [0.2, 0.25) is 29.4 Å². The van der Waals surface area contributed by atoms with Crippen LogP contribution < -0.4 is 44.8 Å². The summed E-state index contributed by atoms with van der Waals surface area (Å²) in [6.45, 7) is 9.45. The molecule has 14 N–H and O–H groups in total. The molecule has 23 heteroatoms. The summed E-state index contributed by atoms with van der Waals surface area (Å²) >= 11 is 0. The second-order valence-corrected chi connectivity index (χ2v) is 6.28. The minimum Gasteiger partial charge on any atom is -0.594 e. The predicted molar refractivity (Wildman–Crippen MR) is 155 cm³/mol. The minimum atomic E-state index is -1.33. The predicted octanol–water partition coefficient (Wildman–Crippen LogP) is -3.39. The number of nitrogens with two attached hydrogens (primary N) is 5. The van der Waals surface area contributed by atoms with Gasteiger partial charge in [-0.15, -0.1) is 0 Å². The molecule has 0 heterocycles. The van der Waals surface area contributed by atoms with E-state index in [2.05, 4.69) is 85.4 Å². The van der Waals surface area contributed by atoms with Crippen LogP contribution in [0, 0.1) is 11.2 Å². The smallest absolute Gasteiger partial charge is 0.233 e. The van der Waals surface area contributed by atoms with E-state index in [4.69, 9.17) is 25.6 Å². The fourth-order valence-corrected chi connectivity index (χ4v) is 1.04. The molecule has 1 amide bonds. The number of oxime groups is 1. The van der Waals surface area contributed by atoms with E-state index >= 15 is 0 Å². The first-order valence-electron chi connectivity index (χ1n) is 10.6. The lowest BCUT2D eigenvalue weighted by Gasteiger charge is -2.28. The van der Waals surface area contributed by atoms with Crippen LogP contribution in [-0.4, -0.2) is 82.1 Å². The van der Waals surface area contributed by atoms with Gasteiger partial charge in [-0.05, 0) is 11.5 Å². The van der Waals surface area contributed by atoms with E-state index in [0.29, 0.717) is 0 Å². The maximum Gasteiger partial charge on any atom is 0.233 e. The van der Waals surface area contributed by atoms with Crippen molar-refractivity contribution < 1.29 is 44.8 Å². The van der Waals surface area contributed by atoms with E-state index in [-0.39, 0.29) is 12.3 Å². The molecule has 0 bridgehead atoms. The van der Waals surface area contributed by atoms with Crippen molar-refractivity contribution in [1.29, 1.82) is 5.26 Å². The zero-order chi connectivity index (χ0) is 35.2. The van der Waals surface area contributed by atoms with Crippen LogP contribution in [0.15, 0.2) is 45.7 Å². The van der Waals surface area contributed by atoms with Gasteiger partial charge in [-0.1, -0.05) is 70.1 Å². The lowest BCUT2D eigenvalue weighted by Crippen LogP contribution is -2.32. The third kappa shape index (κ3) is 91.6. The highest BCUT2D eigenvalue weighted by Gasteiger charge is 2.03. The van der Waals surface area contributed by atoms with Crippen molar-refractivity contribution in [2.45, 2.75) is 46.8 Å². The first-order chi connectivity index (χ1) is 19.5. The summed E-state index contributed by atoms with van der Waals surface area (Å²) < 4.78 is 9.30. The number of benzene rings is 1. The van der Waals surface area contributed by atoms with Gasteiger partial charge in [-0.25, -0.2) is 17.0 Å². The molecule has 0 spiro atoms. The number of amides is 1. The number of hydrazine groups is 1. The summed E-state index contributed by atoms with van der Waals surface area (Å²) in [4.78, 5) is 18.1. The van der Waals surface area contributed by atoms with Crippen molar-refractivity contribution in [3.8, 4) is 5.97 Å². The number of carbonyl (C=O) groups is 2. The van der Waals surface area contributed by atoms with E-state index in [0.717, 1.165) is 5.56 Å². The van der Waals surface area contributed by atoms with Crippen LogP contribution in [0.25, 0.3) is 0 Å². The molecule has 0 saturated carbocycles. The molecular formula is C19H36B4N10O9-2. The normalized spacial score (nSPS) is 9.26. The Labute approximate surface area is 249 Å². The Bertz CT molecular complexity index is 864. The number of hydrogen-bond donors (Lipinski definition) is 9. The molecule has 1 aromatic rings. The number of rotatable bonds is 2. The molecule has 0 aliphatic heterocycles. The van der Waals surface area contributed by atoms with Gasteiger partial charge in [-0.3, -0.25) is 9.59 Å². The maximum absolute atomic E-state index is 10.5. The number of carbonyl (C=O) groups excluding carboxylic acids is 1. The molecule has 0 fully saturated rings. The fraction of sp³-hybridized carbons (Fsp3) is 0.368. The molecule has 19 nitrogen and oxygen atoms in total. The average molecular weight is 592 g/mol. The highest BCUT2D eigenvalue weighted by molar-refractivity contribution is 6.58. The number of nitriles is 1. The van der Waals surface area contributed by atoms with Gasteiger partial charge in [0.25, 0.3) is 0 Å². The number of nitrogens with one attached hydrogen (secondary N) is 1. The standard InChI is InChI=1S/C8H10N2O2.C5H12N2O2.C2H6.2CH3BN2O.CBN.CHBO2.H3NO/c9-10-8(11)12-6-7-4-2-1-3-5-7;1-5(2,3)9-4(8)7-6;1-2;2-1(5)4-3;2-1(3)4-5;2-1-3;2-1(3)4;1-2/h1-5H,6,9H2,(H,10,11);6H2,1-3H3,(H,7,8);1-2H3;3H2,(H,4,5);5H,(H2,3,4);;(H,3,4);2H,1H2/p-2. The molecule has 0 atom stereocenters. The summed E-state index contributed by atoms with van der Waals surface area (Å²) in [5, 5.41) is 57.1. The van der Waals surface area contributed by atoms with Gasteiger partial charge in [0, 0.05) is 12.2 Å². The number of hydrazone groups is 2. The van der Waals surface area contributed by atoms with E-state index in [1.807, 2.05) is 44.2 Å². The van der Waals surface area contributed by atoms with Gasteiger partial charge in [0.1, 0.15) is 0 Å². The second-order valence-electron chi connectivity index (χ2n) is 6.28. The number of hydrogen-bond acceptors (Lipinski definition) is 16. The Morgan fingerprint density at radius 3 is 1.55 bits per heavy atom. The highest BCUT2D eigenvalue weighted by atomic mass is 16.6. The van der Waals surface area contributed by atoms with Crippen molar-refractivity contribution in [3.05, 3.63) is 35.9 Å². The van der Waals surface area contributed by atoms with Gasteiger partial charge in [0.15, 0.2) is 25.8 Å². The van der Waals surface area contributed by atoms with Crippen LogP contribution in [0.2, 0.25) is 0 Å². The summed E-state index contributed by atoms with van der Waals surface area (Å²) in [6, 6.07) is 9.32. The van der Waals surface area contributed by atoms with Crippen molar-refractivity contribution in [2.24, 2.45) is 44.5 Å². The lowest BCUT2D eigenvalue weighted by atomic mass is 10.1. The Morgan fingerprint density at radius 1 is 1.05 bits per heavy atom. The zero-order valence-corrected chi connectivity index (χ0v) is 23.9. The third-order valence-corrected chi connectivity index (χ3v) is 2.07. The van der Waals surface area contributed by atoms with Gasteiger partial charge >= 0.3 is 0 Å². The minimum absolute atomic E-state index is 0.209. The number of ether oxygens (including phenoxy) is 2. The second kappa shape index (κ2) is 43.3. The number of nitrogens with zero attached hydrogens (tertiary/aromatic N) is 4. The lowest BCUT2D eigenvalue weighted by molar-refractivity contribution is -0.260. The molecule has 0 aromatic heterocycles. The summed E-state index contributed by atoms with van der Waals surface area (Å²) in [6.07, 6.45) is -1.48. The van der Waals surface area contributed by atoms with Crippen LogP contribution in [-0.2, 0) is 16.1 Å². The Hall–Kier alpha value is -4.80. The molecule has 8 radical (unpaired) electrons. The molecule has 1 aromatic carbocycles. The van der Waals surface area contributed by atoms with Crippen LogP contribution >= 0.6 is 0 Å². The van der Waals surface area contributed by atoms with E-state index in [9.17, 15) is 15.0 Å². The molecule has 1 rings (SSSR count). The van der Waals surface area contributed by atoms with Gasteiger partial charge in [0.05, 0.1) is 5.73 Å². The van der Waals surface area contributed by atoms with E-state index in [1.165, 1.54) is 5.97 Å². The fourth-order valence-electron chi connectivity index (χ4n) is 1.04. The first kappa shape index (κ1) is 53.4. The average Bonchev–Trinajstić information content (AvgIpc) is 2.94. The largest absolute Gasteiger partial charge is 0.594 e. The Morgan fingerprint density at radius 2 is 1.36 bits per heavy atom. The van der Waals surface area contributed by atoms with Crippen LogP contribution in [0.5, 0.6) is 0 Å². The van der Waals surface area contributed by atoms with E-state index < -0.39 is 29.4 Å². The topological polar surface area (TPSA) is 362 Å². The third-order valence-electron chi connectivity index (χ3n) is 2.07. The van der Waals surface area contributed by atoms with Crippen LogP contribution in [0.1, 0.15) is 40.2 Å². The molecule has 42 heavy (non-hydrogen) atoms. The SMILES string of the molecule is CC.CC(C)(C)OC([O-])=NN.NN=C([O-])OCc1ccccc1.NO.[B]C#N.[B]C(=O)NN.[B]C(=O)O.[B]C(N)=NO. The monoisotopic (exact) mass is 592 g/mol. The van der Waals surface area contributed by atoms with Crippen molar-refractivity contribution in [2.75, 3.05) is 0 Å². The molecule has 0 unspecified atom stereocenters. The number of amidine groups is 1. The quantitative estimate of drug-likeness (QED) is 0.0308. The van der Waals surface area contributed by atoms with Crippen molar-refractivity contribution in [1.82, 2.24) is 5.43 Å².